The van der Waals surface area contributed by atoms with Crippen molar-refractivity contribution >= 4 is 10.9 Å². The van der Waals surface area contributed by atoms with Crippen molar-refractivity contribution in [3.63, 3.8) is 0 Å². The normalized spacial score (nSPS) is 19.4. The lowest BCUT2D eigenvalue weighted by Gasteiger charge is -2.08. The molecule has 15 heavy (non-hydrogen) atoms. The Balaban J connectivity index is 2.47. The number of para-hydroxylation sites is 1. The van der Waals surface area contributed by atoms with Crippen LogP contribution in [0.5, 0.6) is 0 Å². The molecule has 0 unspecified atom stereocenters. The molecule has 1 aromatic carbocycles. The SMILES string of the molecule is O=c1c2ccccc2nc2n1[C@H](O)CC2. The Morgan fingerprint density at radius 3 is 3.07 bits per heavy atom. The maximum absolute atomic E-state index is 12.0. The molecular weight excluding hydrogens is 192 g/mol. The smallest absolute Gasteiger partial charge is 0.263 e. The molecule has 1 aliphatic heterocycles. The van der Waals surface area contributed by atoms with Crippen molar-refractivity contribution in [2.75, 3.05) is 0 Å². The summed E-state index contributed by atoms with van der Waals surface area (Å²) >= 11 is 0. The topological polar surface area (TPSA) is 55.1 Å². The largest absolute Gasteiger partial charge is 0.373 e. The minimum absolute atomic E-state index is 0.138. The van der Waals surface area contributed by atoms with Crippen molar-refractivity contribution in [2.24, 2.45) is 0 Å². The average molecular weight is 202 g/mol. The molecule has 0 radical (unpaired) electrons. The van der Waals surface area contributed by atoms with Gasteiger partial charge < -0.3 is 5.11 Å². The highest BCUT2D eigenvalue weighted by atomic mass is 16.3. The maximum Gasteiger partial charge on any atom is 0.263 e. The molecule has 1 aromatic heterocycles. The van der Waals surface area contributed by atoms with Gasteiger partial charge in [-0.05, 0) is 18.6 Å². The first kappa shape index (κ1) is 8.61. The summed E-state index contributed by atoms with van der Waals surface area (Å²) in [4.78, 5) is 16.4. The van der Waals surface area contributed by atoms with Gasteiger partial charge >= 0.3 is 0 Å². The second kappa shape index (κ2) is 2.90. The number of aliphatic hydroxyl groups excluding tert-OH is 1. The Bertz CT molecular complexity index is 589. The highest BCUT2D eigenvalue weighted by Gasteiger charge is 2.23. The number of aromatic nitrogens is 2. The molecule has 4 nitrogen and oxygen atoms in total. The fourth-order valence-corrected chi connectivity index (χ4v) is 2.06. The van der Waals surface area contributed by atoms with Crippen LogP contribution in [0.15, 0.2) is 29.1 Å². The van der Waals surface area contributed by atoms with E-state index in [1.54, 1.807) is 12.1 Å². The molecule has 3 rings (SSSR count). The van der Waals surface area contributed by atoms with E-state index < -0.39 is 6.23 Å². The van der Waals surface area contributed by atoms with Gasteiger partial charge in [0.05, 0.1) is 10.9 Å². The van der Waals surface area contributed by atoms with Gasteiger partial charge in [0.25, 0.3) is 5.56 Å². The van der Waals surface area contributed by atoms with Crippen LogP contribution in [0.3, 0.4) is 0 Å². The molecule has 0 spiro atoms. The molecule has 1 aliphatic rings. The van der Waals surface area contributed by atoms with E-state index in [1.807, 2.05) is 12.1 Å². The van der Waals surface area contributed by atoms with Gasteiger partial charge in [0.2, 0.25) is 0 Å². The summed E-state index contributed by atoms with van der Waals surface area (Å²) in [5, 5.41) is 10.2. The van der Waals surface area contributed by atoms with Crippen LogP contribution in [-0.4, -0.2) is 14.7 Å². The predicted octanol–water partition coefficient (Wildman–Crippen LogP) is 0.834. The summed E-state index contributed by atoms with van der Waals surface area (Å²) in [5.74, 6) is 0.686. The Labute approximate surface area is 85.8 Å². The summed E-state index contributed by atoms with van der Waals surface area (Å²) < 4.78 is 1.39. The highest BCUT2D eigenvalue weighted by Crippen LogP contribution is 2.21. The summed E-state index contributed by atoms with van der Waals surface area (Å²) in [7, 11) is 0. The van der Waals surface area contributed by atoms with Gasteiger partial charge in [-0.2, -0.15) is 0 Å². The zero-order valence-corrected chi connectivity index (χ0v) is 8.05. The molecule has 2 aromatic rings. The Morgan fingerprint density at radius 1 is 1.40 bits per heavy atom. The van der Waals surface area contributed by atoms with Crippen molar-refractivity contribution in [3.8, 4) is 0 Å². The summed E-state index contributed by atoms with van der Waals surface area (Å²) in [6.07, 6.45) is 0.546. The minimum Gasteiger partial charge on any atom is -0.373 e. The molecule has 0 saturated heterocycles. The quantitative estimate of drug-likeness (QED) is 0.688. The molecule has 4 heteroatoms. The fraction of sp³-hybridized carbons (Fsp3) is 0.273. The molecule has 0 fully saturated rings. The molecule has 76 valence electrons. The lowest BCUT2D eigenvalue weighted by molar-refractivity contribution is 0.110. The van der Waals surface area contributed by atoms with E-state index in [1.165, 1.54) is 4.57 Å². The zero-order chi connectivity index (χ0) is 10.4. The van der Waals surface area contributed by atoms with Crippen LogP contribution in [0, 0.1) is 0 Å². The summed E-state index contributed by atoms with van der Waals surface area (Å²) in [6.45, 7) is 0. The number of hydrogen-bond donors (Lipinski definition) is 1. The van der Waals surface area contributed by atoms with E-state index in [0.717, 1.165) is 0 Å². The van der Waals surface area contributed by atoms with Gasteiger partial charge in [0.1, 0.15) is 12.1 Å². The first-order chi connectivity index (χ1) is 7.27. The second-order valence-electron chi connectivity index (χ2n) is 3.74. The van der Waals surface area contributed by atoms with E-state index >= 15 is 0 Å². The lowest BCUT2D eigenvalue weighted by Crippen LogP contribution is -2.24. The molecule has 0 aliphatic carbocycles. The van der Waals surface area contributed by atoms with Crippen LogP contribution >= 0.6 is 0 Å². The standard InChI is InChI=1S/C11H10N2O2/c14-10-6-5-9-12-8-4-2-1-3-7(8)11(15)13(9)10/h1-4,10,14H,5-6H2/t10-/m1/s1. The lowest BCUT2D eigenvalue weighted by atomic mass is 10.2. The van der Waals surface area contributed by atoms with E-state index in [9.17, 15) is 9.90 Å². The molecule has 2 heterocycles. The third-order valence-corrected chi connectivity index (χ3v) is 2.81. The Kier molecular flexibility index (Phi) is 1.67. The molecular formula is C11H10N2O2. The van der Waals surface area contributed by atoms with Crippen LogP contribution in [-0.2, 0) is 6.42 Å². The van der Waals surface area contributed by atoms with Gasteiger partial charge in [0.15, 0.2) is 0 Å². The molecule has 0 saturated carbocycles. The molecule has 1 N–H and O–H groups in total. The van der Waals surface area contributed by atoms with Crippen molar-refractivity contribution in [2.45, 2.75) is 19.1 Å². The number of benzene rings is 1. The Morgan fingerprint density at radius 2 is 2.20 bits per heavy atom. The number of rotatable bonds is 0. The third kappa shape index (κ3) is 1.11. The fourth-order valence-electron chi connectivity index (χ4n) is 2.06. The van der Waals surface area contributed by atoms with E-state index in [2.05, 4.69) is 4.98 Å². The first-order valence-electron chi connectivity index (χ1n) is 4.95. The van der Waals surface area contributed by atoms with Gasteiger partial charge in [-0.25, -0.2) is 4.98 Å². The average Bonchev–Trinajstić information content (AvgIpc) is 2.61. The van der Waals surface area contributed by atoms with Gasteiger partial charge in [0, 0.05) is 6.42 Å². The summed E-state index contributed by atoms with van der Waals surface area (Å²) in [5.41, 5.74) is 0.573. The molecule has 1 atom stereocenters. The molecule has 0 bridgehead atoms. The predicted molar refractivity (Wildman–Crippen MR) is 55.6 cm³/mol. The highest BCUT2D eigenvalue weighted by molar-refractivity contribution is 5.77. The van der Waals surface area contributed by atoms with E-state index in [0.29, 0.717) is 29.6 Å². The van der Waals surface area contributed by atoms with Gasteiger partial charge in [-0.15, -0.1) is 0 Å². The first-order valence-corrected chi connectivity index (χ1v) is 4.95. The van der Waals surface area contributed by atoms with Crippen LogP contribution in [0.4, 0.5) is 0 Å². The van der Waals surface area contributed by atoms with Crippen molar-refractivity contribution in [3.05, 3.63) is 40.4 Å². The number of aryl methyl sites for hydroxylation is 1. The van der Waals surface area contributed by atoms with Crippen molar-refractivity contribution < 1.29 is 5.11 Å². The molecule has 0 amide bonds. The second-order valence-corrected chi connectivity index (χ2v) is 3.74. The Hall–Kier alpha value is -1.68. The monoisotopic (exact) mass is 202 g/mol. The number of aliphatic hydroxyl groups is 1. The number of hydrogen-bond acceptors (Lipinski definition) is 3. The zero-order valence-electron chi connectivity index (χ0n) is 8.05. The minimum atomic E-state index is -0.704. The van der Waals surface area contributed by atoms with Crippen LogP contribution < -0.4 is 5.56 Å². The van der Waals surface area contributed by atoms with Crippen molar-refractivity contribution in [1.82, 2.24) is 9.55 Å². The van der Waals surface area contributed by atoms with Gasteiger partial charge in [-0.3, -0.25) is 9.36 Å². The summed E-state index contributed by atoms with van der Waals surface area (Å²) in [6, 6.07) is 7.22. The maximum atomic E-state index is 12.0. The van der Waals surface area contributed by atoms with Crippen LogP contribution in [0.25, 0.3) is 10.9 Å². The number of fused-ring (bicyclic) bond motifs is 2. The van der Waals surface area contributed by atoms with Crippen LogP contribution in [0.1, 0.15) is 18.5 Å². The third-order valence-electron chi connectivity index (χ3n) is 2.81. The number of nitrogens with zero attached hydrogens (tertiary/aromatic N) is 2. The van der Waals surface area contributed by atoms with E-state index in [4.69, 9.17) is 0 Å². The van der Waals surface area contributed by atoms with Crippen LogP contribution in [0.2, 0.25) is 0 Å². The van der Waals surface area contributed by atoms with E-state index in [-0.39, 0.29) is 5.56 Å². The van der Waals surface area contributed by atoms with Crippen molar-refractivity contribution in [1.29, 1.82) is 0 Å². The van der Waals surface area contributed by atoms with Gasteiger partial charge in [-0.1, -0.05) is 12.1 Å².